The van der Waals surface area contributed by atoms with Crippen molar-refractivity contribution in [3.8, 4) is 0 Å². The average molecular weight is 312 g/mol. The molecule has 0 aliphatic rings. The number of amides is 2. The molecule has 0 aliphatic carbocycles. The minimum atomic E-state index is -0.881. The van der Waals surface area contributed by atoms with E-state index in [0.717, 1.165) is 17.7 Å². The molecule has 0 radical (unpaired) electrons. The smallest absolute Gasteiger partial charge is 0.315 e. The van der Waals surface area contributed by atoms with Crippen LogP contribution < -0.4 is 10.6 Å². The van der Waals surface area contributed by atoms with E-state index in [1.165, 1.54) is 0 Å². The fourth-order valence-corrected chi connectivity index (χ4v) is 2.90. The van der Waals surface area contributed by atoms with Gasteiger partial charge in [0.1, 0.15) is 0 Å². The van der Waals surface area contributed by atoms with Gasteiger partial charge in [0.2, 0.25) is 0 Å². The van der Waals surface area contributed by atoms with Crippen LogP contribution in [0, 0.1) is 11.8 Å². The molecule has 3 N–H and O–H groups in total. The fraction of sp³-hybridized carbons (Fsp3) is 0.600. The first-order chi connectivity index (χ1) is 9.95. The van der Waals surface area contributed by atoms with Crippen LogP contribution in [0.15, 0.2) is 17.5 Å². The standard InChI is InChI=1S/C15H24N2O3S/c1-4-6-12(13-7-5-8-21-13)17-15(20)16-9-11(10(2)3)14(18)19/h5,7-8,10-12H,4,6,9H2,1-3H3,(H,18,19)(H2,16,17,20). The number of carbonyl (C=O) groups excluding carboxylic acids is 1. The molecular weight excluding hydrogens is 288 g/mol. The molecule has 0 aliphatic heterocycles. The molecule has 1 heterocycles. The van der Waals surface area contributed by atoms with Crippen LogP contribution in [0.2, 0.25) is 0 Å². The van der Waals surface area contributed by atoms with Crippen molar-refractivity contribution in [2.45, 2.75) is 39.7 Å². The molecule has 0 fully saturated rings. The first-order valence-electron chi connectivity index (χ1n) is 7.26. The van der Waals surface area contributed by atoms with Crippen molar-refractivity contribution in [3.63, 3.8) is 0 Å². The van der Waals surface area contributed by atoms with E-state index in [-0.39, 0.29) is 24.5 Å². The number of thiophene rings is 1. The number of urea groups is 1. The lowest BCUT2D eigenvalue weighted by atomic mass is 9.96. The highest BCUT2D eigenvalue weighted by Crippen LogP contribution is 2.23. The van der Waals surface area contributed by atoms with Gasteiger partial charge in [-0.05, 0) is 23.8 Å². The Morgan fingerprint density at radius 3 is 2.57 bits per heavy atom. The van der Waals surface area contributed by atoms with Crippen molar-refractivity contribution >= 4 is 23.3 Å². The predicted octanol–water partition coefficient (Wildman–Crippen LogP) is 3.25. The summed E-state index contributed by atoms with van der Waals surface area (Å²) in [4.78, 5) is 24.2. The van der Waals surface area contributed by atoms with Gasteiger partial charge in [-0.15, -0.1) is 11.3 Å². The normalized spacial score (nSPS) is 13.7. The second-order valence-electron chi connectivity index (χ2n) is 5.40. The maximum absolute atomic E-state index is 12.0. The van der Waals surface area contributed by atoms with Crippen molar-refractivity contribution in [3.05, 3.63) is 22.4 Å². The number of nitrogens with one attached hydrogen (secondary N) is 2. The summed E-state index contributed by atoms with van der Waals surface area (Å²) in [6.45, 7) is 5.88. The van der Waals surface area contributed by atoms with Gasteiger partial charge in [-0.1, -0.05) is 33.3 Å². The Hall–Kier alpha value is -1.56. The Morgan fingerprint density at radius 2 is 2.10 bits per heavy atom. The van der Waals surface area contributed by atoms with Gasteiger partial charge in [-0.25, -0.2) is 4.79 Å². The first kappa shape index (κ1) is 17.5. The maximum Gasteiger partial charge on any atom is 0.315 e. The second kappa shape index (κ2) is 8.67. The van der Waals surface area contributed by atoms with Crippen LogP contribution in [-0.4, -0.2) is 23.7 Å². The van der Waals surface area contributed by atoms with Crippen molar-refractivity contribution in [2.24, 2.45) is 11.8 Å². The Balaban J connectivity index is 2.53. The van der Waals surface area contributed by atoms with Crippen molar-refractivity contribution in [2.75, 3.05) is 6.54 Å². The second-order valence-corrected chi connectivity index (χ2v) is 6.38. The summed E-state index contributed by atoms with van der Waals surface area (Å²) in [6, 6.07) is 3.63. The van der Waals surface area contributed by atoms with Crippen molar-refractivity contribution < 1.29 is 14.7 Å². The van der Waals surface area contributed by atoms with Crippen LogP contribution in [0.1, 0.15) is 44.5 Å². The molecule has 0 saturated carbocycles. The SMILES string of the molecule is CCCC(NC(=O)NCC(C(=O)O)C(C)C)c1cccs1. The predicted molar refractivity (Wildman–Crippen MR) is 84.5 cm³/mol. The van der Waals surface area contributed by atoms with Crippen LogP contribution in [0.3, 0.4) is 0 Å². The zero-order chi connectivity index (χ0) is 15.8. The van der Waals surface area contributed by atoms with E-state index >= 15 is 0 Å². The first-order valence-corrected chi connectivity index (χ1v) is 8.14. The van der Waals surface area contributed by atoms with Crippen molar-refractivity contribution in [1.29, 1.82) is 0 Å². The number of carboxylic acids is 1. The molecule has 21 heavy (non-hydrogen) atoms. The quantitative estimate of drug-likeness (QED) is 0.689. The van der Waals surface area contributed by atoms with E-state index in [4.69, 9.17) is 5.11 Å². The monoisotopic (exact) mass is 312 g/mol. The van der Waals surface area contributed by atoms with E-state index < -0.39 is 11.9 Å². The Morgan fingerprint density at radius 1 is 1.38 bits per heavy atom. The molecule has 2 amide bonds. The van der Waals surface area contributed by atoms with E-state index in [0.29, 0.717) is 0 Å². The molecule has 1 rings (SSSR count). The minimum Gasteiger partial charge on any atom is -0.481 e. The van der Waals surface area contributed by atoms with Crippen LogP contribution in [0.5, 0.6) is 0 Å². The average Bonchev–Trinajstić information content (AvgIpc) is 2.91. The highest BCUT2D eigenvalue weighted by Gasteiger charge is 2.22. The molecule has 0 spiro atoms. The molecule has 0 saturated heterocycles. The Bertz CT molecular complexity index is 446. The lowest BCUT2D eigenvalue weighted by molar-refractivity contribution is -0.142. The number of hydrogen-bond donors (Lipinski definition) is 3. The third kappa shape index (κ3) is 5.75. The van der Waals surface area contributed by atoms with Gasteiger partial charge in [-0.2, -0.15) is 0 Å². The van der Waals surface area contributed by atoms with E-state index in [9.17, 15) is 9.59 Å². The molecule has 2 unspecified atom stereocenters. The van der Waals surface area contributed by atoms with Crippen LogP contribution in [0.4, 0.5) is 4.79 Å². The lowest BCUT2D eigenvalue weighted by Crippen LogP contribution is -2.42. The topological polar surface area (TPSA) is 78.4 Å². The van der Waals surface area contributed by atoms with Gasteiger partial charge < -0.3 is 15.7 Å². The minimum absolute atomic E-state index is 0.0164. The summed E-state index contributed by atoms with van der Waals surface area (Å²) < 4.78 is 0. The summed E-state index contributed by atoms with van der Waals surface area (Å²) in [7, 11) is 0. The summed E-state index contributed by atoms with van der Waals surface area (Å²) in [6.07, 6.45) is 1.83. The largest absolute Gasteiger partial charge is 0.481 e. The summed E-state index contributed by atoms with van der Waals surface area (Å²) in [5.41, 5.74) is 0. The number of hydrogen-bond acceptors (Lipinski definition) is 3. The Kier molecular flexibility index (Phi) is 7.22. The fourth-order valence-electron chi connectivity index (χ4n) is 2.08. The van der Waals surface area contributed by atoms with Gasteiger partial charge in [-0.3, -0.25) is 4.79 Å². The number of carbonyl (C=O) groups is 2. The van der Waals surface area contributed by atoms with E-state index in [1.54, 1.807) is 11.3 Å². The zero-order valence-electron chi connectivity index (χ0n) is 12.8. The molecule has 118 valence electrons. The summed E-state index contributed by atoms with van der Waals surface area (Å²) in [5.74, 6) is -1.47. The Labute approximate surface area is 129 Å². The molecule has 1 aromatic heterocycles. The van der Waals surface area contributed by atoms with Gasteiger partial charge in [0.05, 0.1) is 12.0 Å². The highest BCUT2D eigenvalue weighted by molar-refractivity contribution is 7.10. The van der Waals surface area contributed by atoms with Gasteiger partial charge in [0, 0.05) is 11.4 Å². The molecular formula is C15H24N2O3S. The molecule has 5 nitrogen and oxygen atoms in total. The number of rotatable bonds is 8. The maximum atomic E-state index is 12.0. The summed E-state index contributed by atoms with van der Waals surface area (Å²) >= 11 is 1.61. The molecule has 0 aromatic carbocycles. The van der Waals surface area contributed by atoms with Gasteiger partial charge in [0.25, 0.3) is 0 Å². The highest BCUT2D eigenvalue weighted by atomic mass is 32.1. The molecule has 0 bridgehead atoms. The molecule has 6 heteroatoms. The lowest BCUT2D eigenvalue weighted by Gasteiger charge is -2.20. The van der Waals surface area contributed by atoms with Crippen LogP contribution in [0.25, 0.3) is 0 Å². The van der Waals surface area contributed by atoms with E-state index in [2.05, 4.69) is 17.6 Å². The summed E-state index contributed by atoms with van der Waals surface area (Å²) in [5, 5.41) is 16.7. The van der Waals surface area contributed by atoms with Crippen molar-refractivity contribution in [1.82, 2.24) is 10.6 Å². The third-order valence-electron chi connectivity index (χ3n) is 3.37. The van der Waals surface area contributed by atoms with Gasteiger partial charge >= 0.3 is 12.0 Å². The number of carboxylic acid groups (broad SMARTS) is 1. The zero-order valence-corrected chi connectivity index (χ0v) is 13.6. The van der Waals surface area contributed by atoms with E-state index in [1.807, 2.05) is 31.4 Å². The van der Waals surface area contributed by atoms with Crippen LogP contribution >= 0.6 is 11.3 Å². The number of aliphatic carboxylic acids is 1. The van der Waals surface area contributed by atoms with Gasteiger partial charge in [0.15, 0.2) is 0 Å². The van der Waals surface area contributed by atoms with Crippen LogP contribution in [-0.2, 0) is 4.79 Å². The third-order valence-corrected chi connectivity index (χ3v) is 4.36. The molecule has 2 atom stereocenters. The molecule has 1 aromatic rings.